The number of esters is 1. The zero-order valence-electron chi connectivity index (χ0n) is 6.74. The summed E-state index contributed by atoms with van der Waals surface area (Å²) in [4.78, 5) is 18.0. The van der Waals surface area contributed by atoms with Crippen molar-refractivity contribution in [1.29, 1.82) is 0 Å². The van der Waals surface area contributed by atoms with E-state index in [4.69, 9.17) is 11.6 Å². The molecule has 0 N–H and O–H groups in total. The van der Waals surface area contributed by atoms with E-state index in [2.05, 4.69) is 26.5 Å². The third-order valence-corrected chi connectivity index (χ3v) is 1.32. The van der Waals surface area contributed by atoms with Crippen LogP contribution in [0.4, 0.5) is 0 Å². The van der Waals surface area contributed by atoms with Gasteiger partial charge < -0.3 is 4.74 Å². The first-order valence-corrected chi connectivity index (χ1v) is 3.67. The second-order valence-electron chi connectivity index (χ2n) is 1.97. The van der Waals surface area contributed by atoms with E-state index < -0.39 is 5.97 Å². The predicted molar refractivity (Wildman–Crippen MR) is 45.9 cm³/mol. The van der Waals surface area contributed by atoms with E-state index in [0.29, 0.717) is 5.69 Å². The van der Waals surface area contributed by atoms with Gasteiger partial charge >= 0.3 is 5.97 Å². The zero-order chi connectivity index (χ0) is 9.68. The molecule has 0 aliphatic rings. The molecule has 0 unspecified atom stereocenters. The van der Waals surface area contributed by atoms with Crippen LogP contribution < -0.4 is 0 Å². The van der Waals surface area contributed by atoms with Crippen LogP contribution in [0, 0.1) is 11.8 Å². The van der Waals surface area contributed by atoms with Gasteiger partial charge in [-0.1, -0.05) is 11.6 Å². The van der Waals surface area contributed by atoms with Crippen molar-refractivity contribution >= 4 is 17.6 Å². The summed E-state index contributed by atoms with van der Waals surface area (Å²) in [5.74, 6) is 4.08. The van der Waals surface area contributed by atoms with Crippen molar-refractivity contribution in [3.8, 4) is 11.8 Å². The highest BCUT2D eigenvalue weighted by Gasteiger charge is 1.93. The first-order chi connectivity index (χ1) is 6.22. The molecular formula is C8H5ClN2O2. The van der Waals surface area contributed by atoms with E-state index in [-0.39, 0.29) is 5.15 Å². The number of nitrogens with zero attached hydrogens (tertiary/aromatic N) is 2. The van der Waals surface area contributed by atoms with Gasteiger partial charge in [0.15, 0.2) is 0 Å². The van der Waals surface area contributed by atoms with Gasteiger partial charge in [0.1, 0.15) is 17.2 Å². The molecule has 1 heterocycles. The molecule has 0 amide bonds. The van der Waals surface area contributed by atoms with E-state index in [1.165, 1.54) is 19.5 Å². The Morgan fingerprint density at radius 3 is 3.00 bits per heavy atom. The van der Waals surface area contributed by atoms with Gasteiger partial charge in [0.05, 0.1) is 7.11 Å². The summed E-state index contributed by atoms with van der Waals surface area (Å²) in [5.41, 5.74) is 0.380. The average molecular weight is 197 g/mol. The number of aromatic nitrogens is 2. The lowest BCUT2D eigenvalue weighted by atomic mass is 10.4. The molecule has 66 valence electrons. The second-order valence-corrected chi connectivity index (χ2v) is 2.35. The minimum atomic E-state index is -0.616. The molecule has 0 saturated heterocycles. The van der Waals surface area contributed by atoms with Crippen LogP contribution in [-0.2, 0) is 9.53 Å². The Kier molecular flexibility index (Phi) is 3.23. The van der Waals surface area contributed by atoms with Gasteiger partial charge in [0, 0.05) is 12.0 Å². The highest BCUT2D eigenvalue weighted by Crippen LogP contribution is 2.02. The lowest BCUT2D eigenvalue weighted by Crippen LogP contribution is -1.95. The predicted octanol–water partition coefficient (Wildman–Crippen LogP) is 0.654. The van der Waals surface area contributed by atoms with Gasteiger partial charge in [0.25, 0.3) is 0 Å². The molecule has 0 aliphatic carbocycles. The van der Waals surface area contributed by atoms with Gasteiger partial charge in [-0.25, -0.2) is 14.8 Å². The van der Waals surface area contributed by atoms with Crippen LogP contribution in [0.1, 0.15) is 5.69 Å². The lowest BCUT2D eigenvalue weighted by Gasteiger charge is -1.88. The fraction of sp³-hybridized carbons (Fsp3) is 0.125. The molecular weight excluding hydrogens is 192 g/mol. The van der Waals surface area contributed by atoms with Gasteiger partial charge in [-0.2, -0.15) is 0 Å². The smallest absolute Gasteiger partial charge is 0.384 e. The number of carbonyl (C=O) groups excluding carboxylic acids is 1. The van der Waals surface area contributed by atoms with Crippen molar-refractivity contribution < 1.29 is 9.53 Å². The summed E-state index contributed by atoms with van der Waals surface area (Å²) in [6.07, 6.45) is 1.27. The molecule has 0 aromatic carbocycles. The minimum Gasteiger partial charge on any atom is -0.459 e. The van der Waals surface area contributed by atoms with Crippen molar-refractivity contribution in [2.24, 2.45) is 0 Å². The normalized spacial score (nSPS) is 8.46. The largest absolute Gasteiger partial charge is 0.459 e. The molecule has 0 radical (unpaired) electrons. The molecule has 5 heteroatoms. The Morgan fingerprint density at radius 2 is 2.38 bits per heavy atom. The van der Waals surface area contributed by atoms with Crippen LogP contribution in [0.2, 0.25) is 5.15 Å². The van der Waals surface area contributed by atoms with E-state index in [1.54, 1.807) is 0 Å². The van der Waals surface area contributed by atoms with Gasteiger partial charge in [-0.15, -0.1) is 0 Å². The highest BCUT2D eigenvalue weighted by molar-refractivity contribution is 6.29. The van der Waals surface area contributed by atoms with Crippen molar-refractivity contribution in [1.82, 2.24) is 9.97 Å². The van der Waals surface area contributed by atoms with E-state index in [1.807, 2.05) is 0 Å². The van der Waals surface area contributed by atoms with E-state index in [9.17, 15) is 4.79 Å². The molecule has 0 aliphatic heterocycles. The van der Waals surface area contributed by atoms with Crippen LogP contribution in [0.15, 0.2) is 12.4 Å². The average Bonchev–Trinajstić information content (AvgIpc) is 2.14. The summed E-state index contributed by atoms with van der Waals surface area (Å²) in [6.45, 7) is 0. The molecule has 0 atom stereocenters. The van der Waals surface area contributed by atoms with E-state index >= 15 is 0 Å². The number of hydrogen-bond acceptors (Lipinski definition) is 4. The second kappa shape index (κ2) is 4.43. The Hall–Kier alpha value is -1.60. The summed E-state index contributed by atoms with van der Waals surface area (Å²) >= 11 is 5.56. The number of hydrogen-bond donors (Lipinski definition) is 0. The van der Waals surface area contributed by atoms with Crippen LogP contribution in [0.5, 0.6) is 0 Å². The van der Waals surface area contributed by atoms with Crippen molar-refractivity contribution in [2.75, 3.05) is 7.11 Å². The molecule has 0 saturated carbocycles. The Balaban J connectivity index is 2.83. The summed E-state index contributed by atoms with van der Waals surface area (Å²) in [6, 6.07) is 1.46. The molecule has 1 aromatic heterocycles. The molecule has 4 nitrogen and oxygen atoms in total. The first kappa shape index (κ1) is 9.49. The van der Waals surface area contributed by atoms with Crippen LogP contribution >= 0.6 is 11.6 Å². The van der Waals surface area contributed by atoms with Crippen molar-refractivity contribution in [2.45, 2.75) is 0 Å². The number of carbonyl (C=O) groups is 1. The molecule has 0 bridgehead atoms. The van der Waals surface area contributed by atoms with E-state index in [0.717, 1.165) is 0 Å². The Morgan fingerprint density at radius 1 is 1.62 bits per heavy atom. The summed E-state index contributed by atoms with van der Waals surface area (Å²) in [5, 5.41) is 0.282. The number of rotatable bonds is 0. The quantitative estimate of drug-likeness (QED) is 0.347. The Labute approximate surface area is 79.9 Å². The third kappa shape index (κ3) is 3.09. The molecule has 1 aromatic rings. The van der Waals surface area contributed by atoms with Crippen LogP contribution in [0.25, 0.3) is 0 Å². The lowest BCUT2D eigenvalue weighted by molar-refractivity contribution is -0.133. The fourth-order valence-electron chi connectivity index (χ4n) is 0.568. The molecule has 1 rings (SSSR count). The van der Waals surface area contributed by atoms with Gasteiger partial charge in [-0.3, -0.25) is 0 Å². The molecule has 0 spiro atoms. The topological polar surface area (TPSA) is 52.1 Å². The van der Waals surface area contributed by atoms with Crippen molar-refractivity contribution in [3.63, 3.8) is 0 Å². The number of halogens is 1. The zero-order valence-corrected chi connectivity index (χ0v) is 7.50. The SMILES string of the molecule is COC(=O)C#Cc1cc(Cl)ncn1. The summed E-state index contributed by atoms with van der Waals surface area (Å²) < 4.78 is 4.31. The van der Waals surface area contributed by atoms with Crippen molar-refractivity contribution in [3.05, 3.63) is 23.2 Å². The van der Waals surface area contributed by atoms with Crippen LogP contribution in [-0.4, -0.2) is 23.0 Å². The number of ether oxygens (including phenoxy) is 1. The van der Waals surface area contributed by atoms with Gasteiger partial charge in [-0.05, 0) is 5.92 Å². The molecule has 13 heavy (non-hydrogen) atoms. The van der Waals surface area contributed by atoms with Gasteiger partial charge in [0.2, 0.25) is 0 Å². The maximum absolute atomic E-state index is 10.6. The fourth-order valence-corrected chi connectivity index (χ4v) is 0.715. The monoisotopic (exact) mass is 196 g/mol. The highest BCUT2D eigenvalue weighted by atomic mass is 35.5. The maximum Gasteiger partial charge on any atom is 0.384 e. The third-order valence-electron chi connectivity index (χ3n) is 1.11. The van der Waals surface area contributed by atoms with Crippen LogP contribution in [0.3, 0.4) is 0 Å². The maximum atomic E-state index is 10.6. The Bertz CT molecular complexity index is 381. The number of methoxy groups -OCH3 is 1. The first-order valence-electron chi connectivity index (χ1n) is 3.30. The molecule has 0 fully saturated rings. The summed E-state index contributed by atoms with van der Waals surface area (Å²) in [7, 11) is 1.25. The minimum absolute atomic E-state index is 0.282. The standard InChI is InChI=1S/C8H5ClN2O2/c1-13-8(12)3-2-6-4-7(9)11-5-10-6/h4-5H,1H3.